The number of nitrogens with zero attached hydrogens (tertiary/aromatic N) is 2. The molecule has 0 amide bonds. The molecule has 0 radical (unpaired) electrons. The maximum absolute atomic E-state index is 12.4. The van der Waals surface area contributed by atoms with Crippen LogP contribution in [0.1, 0.15) is 35.7 Å². The van der Waals surface area contributed by atoms with E-state index >= 15 is 0 Å². The van der Waals surface area contributed by atoms with Crippen LogP contribution in [0.15, 0.2) is 30.5 Å². The van der Waals surface area contributed by atoms with Gasteiger partial charge in [-0.25, -0.2) is 9.97 Å². The van der Waals surface area contributed by atoms with Crippen molar-refractivity contribution in [1.82, 2.24) is 9.97 Å². The van der Waals surface area contributed by atoms with Crippen molar-refractivity contribution in [3.05, 3.63) is 47.5 Å². The van der Waals surface area contributed by atoms with Crippen LogP contribution in [0.2, 0.25) is 0 Å². The third-order valence-electron chi connectivity index (χ3n) is 2.81. The summed E-state index contributed by atoms with van der Waals surface area (Å²) >= 11 is 0. The molecule has 0 aliphatic heterocycles. The monoisotopic (exact) mass is 286 g/mol. The van der Waals surface area contributed by atoms with Gasteiger partial charge in [-0.3, -0.25) is 4.79 Å². The lowest BCUT2D eigenvalue weighted by molar-refractivity contribution is 0.103. The van der Waals surface area contributed by atoms with Gasteiger partial charge >= 0.3 is 0 Å². The van der Waals surface area contributed by atoms with Crippen LogP contribution < -0.4 is 9.47 Å². The highest BCUT2D eigenvalue weighted by molar-refractivity contribution is 6.08. The van der Waals surface area contributed by atoms with Gasteiger partial charge in [-0.1, -0.05) is 0 Å². The first-order valence-electron chi connectivity index (χ1n) is 6.89. The normalized spacial score (nSPS) is 10.2. The average molecular weight is 286 g/mol. The van der Waals surface area contributed by atoms with Gasteiger partial charge in [-0.15, -0.1) is 0 Å². The Morgan fingerprint density at radius 2 is 1.81 bits per heavy atom. The van der Waals surface area contributed by atoms with E-state index in [2.05, 4.69) is 9.97 Å². The van der Waals surface area contributed by atoms with Gasteiger partial charge in [0.15, 0.2) is 11.5 Å². The van der Waals surface area contributed by atoms with E-state index in [0.29, 0.717) is 41.8 Å². The second-order valence-corrected chi connectivity index (χ2v) is 4.35. The third-order valence-corrected chi connectivity index (χ3v) is 2.81. The van der Waals surface area contributed by atoms with Crippen molar-refractivity contribution in [2.24, 2.45) is 0 Å². The van der Waals surface area contributed by atoms with E-state index in [0.717, 1.165) is 0 Å². The Bertz CT molecular complexity index is 641. The molecule has 0 saturated carbocycles. The summed E-state index contributed by atoms with van der Waals surface area (Å²) in [5.74, 6) is 1.60. The lowest BCUT2D eigenvalue weighted by Gasteiger charge is -2.12. The Hall–Kier alpha value is -2.43. The lowest BCUT2D eigenvalue weighted by atomic mass is 10.1. The van der Waals surface area contributed by atoms with E-state index in [4.69, 9.17) is 9.47 Å². The molecule has 0 unspecified atom stereocenters. The minimum atomic E-state index is -0.162. The fourth-order valence-corrected chi connectivity index (χ4v) is 1.92. The molecular formula is C16H18N2O3. The van der Waals surface area contributed by atoms with Crippen LogP contribution in [0.25, 0.3) is 0 Å². The van der Waals surface area contributed by atoms with E-state index in [-0.39, 0.29) is 5.78 Å². The molecule has 0 bridgehead atoms. The Kier molecular flexibility index (Phi) is 4.87. The first-order chi connectivity index (χ1) is 10.2. The Labute approximate surface area is 124 Å². The predicted octanol–water partition coefficient (Wildman–Crippen LogP) is 2.81. The number of carbonyl (C=O) groups excluding carboxylic acids is 1. The summed E-state index contributed by atoms with van der Waals surface area (Å²) in [5.41, 5.74) is 0.883. The smallest absolute Gasteiger partial charge is 0.211 e. The molecule has 5 nitrogen and oxygen atoms in total. The molecule has 0 fully saturated rings. The van der Waals surface area contributed by atoms with Crippen LogP contribution >= 0.6 is 0 Å². The molecule has 5 heteroatoms. The molecule has 0 aliphatic rings. The molecule has 2 rings (SSSR count). The van der Waals surface area contributed by atoms with Crippen molar-refractivity contribution in [1.29, 1.82) is 0 Å². The largest absolute Gasteiger partial charge is 0.490 e. The molecule has 1 heterocycles. The minimum Gasteiger partial charge on any atom is -0.490 e. The molecular weight excluding hydrogens is 268 g/mol. The van der Waals surface area contributed by atoms with E-state index in [9.17, 15) is 4.79 Å². The summed E-state index contributed by atoms with van der Waals surface area (Å²) in [6.07, 6.45) is 1.58. The zero-order valence-electron chi connectivity index (χ0n) is 12.4. The first kappa shape index (κ1) is 15.0. The Morgan fingerprint density at radius 3 is 2.48 bits per heavy atom. The van der Waals surface area contributed by atoms with Crippen LogP contribution in [0, 0.1) is 6.92 Å². The second kappa shape index (κ2) is 6.83. The highest BCUT2D eigenvalue weighted by atomic mass is 16.5. The fraction of sp³-hybridized carbons (Fsp3) is 0.312. The summed E-state index contributed by atoms with van der Waals surface area (Å²) in [7, 11) is 0. The number of aromatic nitrogens is 2. The van der Waals surface area contributed by atoms with E-state index < -0.39 is 0 Å². The fourth-order valence-electron chi connectivity index (χ4n) is 1.92. The second-order valence-electron chi connectivity index (χ2n) is 4.35. The summed E-state index contributed by atoms with van der Waals surface area (Å²) in [6.45, 7) is 6.58. The first-order valence-corrected chi connectivity index (χ1v) is 6.89. The molecule has 0 aliphatic carbocycles. The topological polar surface area (TPSA) is 61.3 Å². The highest BCUT2D eigenvalue weighted by Crippen LogP contribution is 2.29. The Balaban J connectivity index is 2.35. The molecule has 0 saturated heterocycles. The zero-order chi connectivity index (χ0) is 15.2. The quantitative estimate of drug-likeness (QED) is 0.764. The van der Waals surface area contributed by atoms with Gasteiger partial charge in [-0.05, 0) is 45.0 Å². The van der Waals surface area contributed by atoms with Crippen molar-refractivity contribution in [2.75, 3.05) is 13.2 Å². The van der Waals surface area contributed by atoms with Gasteiger partial charge in [0, 0.05) is 11.8 Å². The zero-order valence-corrected chi connectivity index (χ0v) is 12.4. The average Bonchev–Trinajstić information content (AvgIpc) is 2.49. The lowest BCUT2D eigenvalue weighted by Crippen LogP contribution is -2.07. The molecule has 1 aromatic heterocycles. The number of hydrogen-bond donors (Lipinski definition) is 0. The van der Waals surface area contributed by atoms with Crippen LogP contribution in [0.3, 0.4) is 0 Å². The molecule has 0 spiro atoms. The summed E-state index contributed by atoms with van der Waals surface area (Å²) in [6, 6.07) is 6.75. The van der Waals surface area contributed by atoms with Gasteiger partial charge in [0.2, 0.25) is 5.78 Å². The van der Waals surface area contributed by atoms with E-state index in [1.807, 2.05) is 13.8 Å². The number of benzene rings is 1. The van der Waals surface area contributed by atoms with E-state index in [1.165, 1.54) is 0 Å². The van der Waals surface area contributed by atoms with Gasteiger partial charge in [0.05, 0.1) is 13.2 Å². The molecule has 110 valence electrons. The number of rotatable bonds is 6. The summed E-state index contributed by atoms with van der Waals surface area (Å²) < 4.78 is 11.0. The summed E-state index contributed by atoms with van der Waals surface area (Å²) in [5, 5.41) is 0. The van der Waals surface area contributed by atoms with E-state index in [1.54, 1.807) is 37.4 Å². The highest BCUT2D eigenvalue weighted by Gasteiger charge is 2.14. The maximum Gasteiger partial charge on any atom is 0.211 e. The molecule has 1 aromatic carbocycles. The van der Waals surface area contributed by atoms with Crippen molar-refractivity contribution in [3.63, 3.8) is 0 Å². The molecule has 21 heavy (non-hydrogen) atoms. The number of ketones is 1. The SMILES string of the molecule is CCOc1ccc(C(=O)c2ccnc(C)n2)cc1OCC. The van der Waals surface area contributed by atoms with Crippen molar-refractivity contribution < 1.29 is 14.3 Å². The number of carbonyl (C=O) groups is 1. The van der Waals surface area contributed by atoms with Crippen LogP contribution in [0.4, 0.5) is 0 Å². The van der Waals surface area contributed by atoms with Crippen LogP contribution in [-0.4, -0.2) is 29.0 Å². The summed E-state index contributed by atoms with van der Waals surface area (Å²) in [4.78, 5) is 20.6. The number of ether oxygens (including phenoxy) is 2. The van der Waals surface area contributed by atoms with Crippen molar-refractivity contribution in [3.8, 4) is 11.5 Å². The number of hydrogen-bond acceptors (Lipinski definition) is 5. The molecule has 0 N–H and O–H groups in total. The predicted molar refractivity (Wildman–Crippen MR) is 79.0 cm³/mol. The van der Waals surface area contributed by atoms with Gasteiger partial charge in [0.25, 0.3) is 0 Å². The maximum atomic E-state index is 12.4. The van der Waals surface area contributed by atoms with Gasteiger partial charge in [0.1, 0.15) is 11.5 Å². The van der Waals surface area contributed by atoms with Crippen molar-refractivity contribution >= 4 is 5.78 Å². The van der Waals surface area contributed by atoms with Crippen molar-refractivity contribution in [2.45, 2.75) is 20.8 Å². The molecule has 0 atom stereocenters. The minimum absolute atomic E-state index is 0.162. The molecule has 2 aromatic rings. The Morgan fingerprint density at radius 1 is 1.10 bits per heavy atom. The van der Waals surface area contributed by atoms with Crippen LogP contribution in [-0.2, 0) is 0 Å². The van der Waals surface area contributed by atoms with Gasteiger partial charge in [-0.2, -0.15) is 0 Å². The van der Waals surface area contributed by atoms with Crippen LogP contribution in [0.5, 0.6) is 11.5 Å². The third kappa shape index (κ3) is 3.56. The van der Waals surface area contributed by atoms with Gasteiger partial charge < -0.3 is 9.47 Å². The number of aryl methyl sites for hydroxylation is 1. The standard InChI is InChI=1S/C16H18N2O3/c1-4-20-14-7-6-12(10-15(14)21-5-2)16(19)13-8-9-17-11(3)18-13/h6-10H,4-5H2,1-3H3.